The van der Waals surface area contributed by atoms with E-state index in [9.17, 15) is 0 Å². The van der Waals surface area contributed by atoms with Crippen LogP contribution in [0.2, 0.25) is 0 Å². The summed E-state index contributed by atoms with van der Waals surface area (Å²) in [5, 5.41) is 7.88. The highest BCUT2D eigenvalue weighted by molar-refractivity contribution is 7.99. The number of aryl methyl sites for hydroxylation is 1. The average Bonchev–Trinajstić information content (AvgIpc) is 2.68. The maximum Gasteiger partial charge on any atom is 0.163 e. The first-order valence-electron chi connectivity index (χ1n) is 5.43. The smallest absolute Gasteiger partial charge is 0.163 e. The van der Waals surface area contributed by atoms with Gasteiger partial charge in [0.05, 0.1) is 5.25 Å². The van der Waals surface area contributed by atoms with E-state index in [1.54, 1.807) is 0 Å². The van der Waals surface area contributed by atoms with Gasteiger partial charge in [-0.15, -0.1) is 0 Å². The van der Waals surface area contributed by atoms with Crippen LogP contribution in [0.3, 0.4) is 0 Å². The monoisotopic (exact) mass is 211 g/mol. The van der Waals surface area contributed by atoms with Crippen LogP contribution in [0.15, 0.2) is 0 Å². The van der Waals surface area contributed by atoms with Gasteiger partial charge in [-0.3, -0.25) is 5.10 Å². The topological polar surface area (TPSA) is 41.6 Å². The highest BCUT2D eigenvalue weighted by Crippen LogP contribution is 2.36. The van der Waals surface area contributed by atoms with Crippen molar-refractivity contribution in [2.75, 3.05) is 5.75 Å². The van der Waals surface area contributed by atoms with E-state index < -0.39 is 0 Å². The Morgan fingerprint density at radius 2 is 2.43 bits per heavy atom. The fourth-order valence-electron chi connectivity index (χ4n) is 1.75. The Balaban J connectivity index is 2.00. The molecule has 0 spiro atoms. The molecule has 0 radical (unpaired) electrons. The SMILES string of the molecule is CCCc1nc(C2CCCCS2)n[nH]1. The molecular weight excluding hydrogens is 194 g/mol. The first kappa shape index (κ1) is 10.0. The van der Waals surface area contributed by atoms with Gasteiger partial charge in [-0.2, -0.15) is 16.9 Å². The van der Waals surface area contributed by atoms with Gasteiger partial charge in [0, 0.05) is 6.42 Å². The van der Waals surface area contributed by atoms with Crippen molar-refractivity contribution in [3.05, 3.63) is 11.6 Å². The number of rotatable bonds is 3. The van der Waals surface area contributed by atoms with Crippen molar-refractivity contribution < 1.29 is 0 Å². The number of nitrogens with one attached hydrogen (secondary N) is 1. The van der Waals surface area contributed by atoms with E-state index in [0.29, 0.717) is 5.25 Å². The zero-order valence-electron chi connectivity index (χ0n) is 8.62. The van der Waals surface area contributed by atoms with Gasteiger partial charge in [-0.05, 0) is 25.0 Å². The number of aromatic nitrogens is 3. The molecule has 1 aliphatic heterocycles. The Hall–Kier alpha value is -0.510. The summed E-state index contributed by atoms with van der Waals surface area (Å²) in [6.07, 6.45) is 6.08. The Labute approximate surface area is 89.1 Å². The predicted octanol–water partition coefficient (Wildman–Crippen LogP) is 2.72. The molecule has 1 saturated heterocycles. The molecule has 0 aromatic carbocycles. The molecule has 1 fully saturated rings. The van der Waals surface area contributed by atoms with Crippen molar-refractivity contribution in [1.29, 1.82) is 0 Å². The van der Waals surface area contributed by atoms with Crippen LogP contribution < -0.4 is 0 Å². The standard InChI is InChI=1S/C10H17N3S/c1-2-5-9-11-10(13-12-9)8-6-3-4-7-14-8/h8H,2-7H2,1H3,(H,11,12,13). The summed E-state index contributed by atoms with van der Waals surface area (Å²) < 4.78 is 0. The number of hydrogen-bond acceptors (Lipinski definition) is 3. The molecular formula is C10H17N3S. The summed E-state index contributed by atoms with van der Waals surface area (Å²) in [6, 6.07) is 0. The lowest BCUT2D eigenvalue weighted by Gasteiger charge is -2.17. The molecule has 14 heavy (non-hydrogen) atoms. The van der Waals surface area contributed by atoms with Gasteiger partial charge in [-0.25, -0.2) is 4.98 Å². The molecule has 1 aromatic heterocycles. The maximum atomic E-state index is 4.54. The fraction of sp³-hybridized carbons (Fsp3) is 0.800. The van der Waals surface area contributed by atoms with Gasteiger partial charge in [0.1, 0.15) is 5.82 Å². The number of H-pyrrole nitrogens is 1. The molecule has 0 saturated carbocycles. The summed E-state index contributed by atoms with van der Waals surface area (Å²) in [5.41, 5.74) is 0. The molecule has 1 N–H and O–H groups in total. The lowest BCUT2D eigenvalue weighted by atomic mass is 10.2. The maximum absolute atomic E-state index is 4.54. The number of aromatic amines is 1. The molecule has 4 heteroatoms. The molecule has 2 heterocycles. The van der Waals surface area contributed by atoms with E-state index in [4.69, 9.17) is 0 Å². The minimum absolute atomic E-state index is 0.547. The van der Waals surface area contributed by atoms with Crippen LogP contribution in [0, 0.1) is 0 Å². The number of nitrogens with zero attached hydrogens (tertiary/aromatic N) is 2. The predicted molar refractivity (Wildman–Crippen MR) is 59.4 cm³/mol. The normalized spacial score (nSPS) is 22.5. The first-order valence-corrected chi connectivity index (χ1v) is 6.48. The van der Waals surface area contributed by atoms with E-state index in [1.807, 2.05) is 11.8 Å². The van der Waals surface area contributed by atoms with E-state index >= 15 is 0 Å². The first-order chi connectivity index (χ1) is 6.90. The fourth-order valence-corrected chi connectivity index (χ4v) is 2.99. The summed E-state index contributed by atoms with van der Waals surface area (Å²) in [4.78, 5) is 4.54. The molecule has 1 aliphatic rings. The van der Waals surface area contributed by atoms with Crippen LogP contribution in [-0.4, -0.2) is 20.9 Å². The van der Waals surface area contributed by atoms with E-state index in [0.717, 1.165) is 24.5 Å². The summed E-state index contributed by atoms with van der Waals surface area (Å²) >= 11 is 2.00. The third kappa shape index (κ3) is 2.29. The van der Waals surface area contributed by atoms with E-state index in [-0.39, 0.29) is 0 Å². The van der Waals surface area contributed by atoms with Crippen molar-refractivity contribution in [2.45, 2.75) is 44.3 Å². The second-order valence-corrected chi connectivity index (χ2v) is 5.06. The van der Waals surface area contributed by atoms with Crippen molar-refractivity contribution in [2.24, 2.45) is 0 Å². The third-order valence-electron chi connectivity index (χ3n) is 2.50. The summed E-state index contributed by atoms with van der Waals surface area (Å²) in [5.74, 6) is 3.34. The Kier molecular flexibility index (Phi) is 3.45. The quantitative estimate of drug-likeness (QED) is 0.835. The molecule has 3 nitrogen and oxygen atoms in total. The van der Waals surface area contributed by atoms with E-state index in [2.05, 4.69) is 22.1 Å². The Morgan fingerprint density at radius 1 is 1.50 bits per heavy atom. The minimum atomic E-state index is 0.547. The molecule has 0 aliphatic carbocycles. The van der Waals surface area contributed by atoms with Gasteiger partial charge < -0.3 is 0 Å². The lowest BCUT2D eigenvalue weighted by Crippen LogP contribution is -2.03. The number of thioether (sulfide) groups is 1. The average molecular weight is 211 g/mol. The Bertz CT molecular complexity index is 279. The van der Waals surface area contributed by atoms with Crippen LogP contribution in [0.5, 0.6) is 0 Å². The summed E-state index contributed by atoms with van der Waals surface area (Å²) in [6.45, 7) is 2.16. The molecule has 1 atom stereocenters. The summed E-state index contributed by atoms with van der Waals surface area (Å²) in [7, 11) is 0. The highest BCUT2D eigenvalue weighted by Gasteiger charge is 2.19. The second-order valence-electron chi connectivity index (χ2n) is 3.75. The zero-order valence-corrected chi connectivity index (χ0v) is 9.44. The van der Waals surface area contributed by atoms with Gasteiger partial charge in [0.25, 0.3) is 0 Å². The molecule has 1 aromatic rings. The highest BCUT2D eigenvalue weighted by atomic mass is 32.2. The molecule has 1 unspecified atom stereocenters. The molecule has 78 valence electrons. The van der Waals surface area contributed by atoms with E-state index in [1.165, 1.54) is 25.0 Å². The van der Waals surface area contributed by atoms with Crippen LogP contribution in [0.1, 0.15) is 49.5 Å². The third-order valence-corrected chi connectivity index (χ3v) is 3.88. The molecule has 0 amide bonds. The second kappa shape index (κ2) is 4.82. The molecule has 2 rings (SSSR count). The van der Waals surface area contributed by atoms with Crippen LogP contribution in [-0.2, 0) is 6.42 Å². The zero-order chi connectivity index (χ0) is 9.80. The van der Waals surface area contributed by atoms with Crippen LogP contribution >= 0.6 is 11.8 Å². The van der Waals surface area contributed by atoms with Crippen LogP contribution in [0.25, 0.3) is 0 Å². The minimum Gasteiger partial charge on any atom is -0.263 e. The van der Waals surface area contributed by atoms with Crippen molar-refractivity contribution in [3.63, 3.8) is 0 Å². The van der Waals surface area contributed by atoms with Crippen molar-refractivity contribution in [1.82, 2.24) is 15.2 Å². The largest absolute Gasteiger partial charge is 0.263 e. The van der Waals surface area contributed by atoms with Gasteiger partial charge >= 0.3 is 0 Å². The lowest BCUT2D eigenvalue weighted by molar-refractivity contribution is 0.663. The van der Waals surface area contributed by atoms with Gasteiger partial charge in [-0.1, -0.05) is 13.3 Å². The Morgan fingerprint density at radius 3 is 3.14 bits per heavy atom. The molecule has 0 bridgehead atoms. The van der Waals surface area contributed by atoms with Crippen LogP contribution in [0.4, 0.5) is 0 Å². The van der Waals surface area contributed by atoms with Gasteiger partial charge in [0.2, 0.25) is 0 Å². The van der Waals surface area contributed by atoms with Crippen molar-refractivity contribution >= 4 is 11.8 Å². The number of hydrogen-bond donors (Lipinski definition) is 1. The van der Waals surface area contributed by atoms with Gasteiger partial charge in [0.15, 0.2) is 5.82 Å². The van der Waals surface area contributed by atoms with Crippen molar-refractivity contribution in [3.8, 4) is 0 Å².